The molecule has 28 heavy (non-hydrogen) atoms. The maximum atomic E-state index is 13.0. The van der Waals surface area contributed by atoms with E-state index >= 15 is 0 Å². The van der Waals surface area contributed by atoms with E-state index in [0.717, 1.165) is 12.0 Å². The maximum Gasteiger partial charge on any atom is 0.267 e. The van der Waals surface area contributed by atoms with E-state index in [-0.39, 0.29) is 18.0 Å². The number of aliphatic hydroxyl groups is 1. The molecule has 0 aromatic heterocycles. The van der Waals surface area contributed by atoms with Crippen LogP contribution in [0.5, 0.6) is 0 Å². The van der Waals surface area contributed by atoms with Crippen molar-refractivity contribution in [3.05, 3.63) is 71.5 Å². The zero-order valence-corrected chi connectivity index (χ0v) is 16.9. The number of hydrogen-bond acceptors (Lipinski definition) is 3. The van der Waals surface area contributed by atoms with Crippen LogP contribution in [0, 0.1) is 11.8 Å². The van der Waals surface area contributed by atoms with Gasteiger partial charge in [0, 0.05) is 5.41 Å². The first kappa shape index (κ1) is 19.0. The third kappa shape index (κ3) is 3.10. The summed E-state index contributed by atoms with van der Waals surface area (Å²) < 4.78 is 0. The van der Waals surface area contributed by atoms with Crippen LogP contribution >= 0.6 is 0 Å². The van der Waals surface area contributed by atoms with E-state index in [1.54, 1.807) is 0 Å². The molecule has 5 atom stereocenters. The van der Waals surface area contributed by atoms with Gasteiger partial charge in [-0.25, -0.2) is 0 Å². The van der Waals surface area contributed by atoms with Gasteiger partial charge in [-0.05, 0) is 47.5 Å². The summed E-state index contributed by atoms with van der Waals surface area (Å²) >= 11 is 0. The topological polar surface area (TPSA) is 61.4 Å². The second kappa shape index (κ2) is 6.93. The summed E-state index contributed by atoms with van der Waals surface area (Å²) in [5.74, 6) is 0.716. The molecule has 0 saturated heterocycles. The molecule has 0 bridgehead atoms. The molecule has 4 nitrogen and oxygen atoms in total. The second-order valence-electron chi connectivity index (χ2n) is 9.06. The zero-order chi connectivity index (χ0) is 20.1. The SMILES string of the molecule is C=CC1C=C2C=C(C(=O)NC3Cc4ccccc4C(C)(C)C3O)NC2CC1C. The number of allylic oxidation sites excluding steroid dienone is 2. The van der Waals surface area contributed by atoms with E-state index in [2.05, 4.69) is 42.3 Å². The molecule has 1 aromatic carbocycles. The highest BCUT2D eigenvalue weighted by atomic mass is 16.3. The lowest BCUT2D eigenvalue weighted by atomic mass is 9.68. The van der Waals surface area contributed by atoms with Gasteiger partial charge < -0.3 is 15.7 Å². The van der Waals surface area contributed by atoms with Crippen molar-refractivity contribution in [2.75, 3.05) is 0 Å². The van der Waals surface area contributed by atoms with Crippen LogP contribution in [0.25, 0.3) is 0 Å². The molecule has 1 heterocycles. The number of hydrogen-bond donors (Lipinski definition) is 3. The summed E-state index contributed by atoms with van der Waals surface area (Å²) in [6.45, 7) is 10.2. The van der Waals surface area contributed by atoms with Gasteiger partial charge in [0.2, 0.25) is 0 Å². The van der Waals surface area contributed by atoms with Crippen LogP contribution in [0.2, 0.25) is 0 Å². The summed E-state index contributed by atoms with van der Waals surface area (Å²) in [7, 11) is 0. The van der Waals surface area contributed by atoms with Crippen molar-refractivity contribution in [1.29, 1.82) is 0 Å². The van der Waals surface area contributed by atoms with Crippen molar-refractivity contribution in [2.45, 2.75) is 57.2 Å². The van der Waals surface area contributed by atoms with E-state index in [4.69, 9.17) is 0 Å². The third-order valence-corrected chi connectivity index (χ3v) is 6.80. The van der Waals surface area contributed by atoms with Crippen molar-refractivity contribution in [3.8, 4) is 0 Å². The van der Waals surface area contributed by atoms with Gasteiger partial charge in [0.15, 0.2) is 0 Å². The van der Waals surface area contributed by atoms with Crippen LogP contribution in [0.3, 0.4) is 0 Å². The average Bonchev–Trinajstić information content (AvgIpc) is 3.08. The summed E-state index contributed by atoms with van der Waals surface area (Å²) in [5, 5.41) is 17.4. The fourth-order valence-electron chi connectivity index (χ4n) is 5.00. The predicted octanol–water partition coefficient (Wildman–Crippen LogP) is 2.99. The molecule has 0 spiro atoms. The molecule has 5 unspecified atom stereocenters. The van der Waals surface area contributed by atoms with Crippen LogP contribution in [0.15, 0.2) is 60.3 Å². The molecule has 3 aliphatic rings. The molecule has 0 radical (unpaired) electrons. The van der Waals surface area contributed by atoms with Crippen molar-refractivity contribution in [2.24, 2.45) is 11.8 Å². The Labute approximate surface area is 167 Å². The highest BCUT2D eigenvalue weighted by Gasteiger charge is 2.42. The largest absolute Gasteiger partial charge is 0.390 e. The Morgan fingerprint density at radius 3 is 2.86 bits per heavy atom. The number of fused-ring (bicyclic) bond motifs is 2. The normalized spacial score (nSPS) is 32.9. The number of carbonyl (C=O) groups is 1. The minimum atomic E-state index is -0.639. The first-order valence-electron chi connectivity index (χ1n) is 10.2. The van der Waals surface area contributed by atoms with Gasteiger partial charge >= 0.3 is 0 Å². The predicted molar refractivity (Wildman–Crippen MR) is 112 cm³/mol. The van der Waals surface area contributed by atoms with Crippen LogP contribution in [0.1, 0.15) is 38.3 Å². The Morgan fingerprint density at radius 1 is 1.36 bits per heavy atom. The molecular weight excluding hydrogens is 348 g/mol. The van der Waals surface area contributed by atoms with Gasteiger partial charge in [-0.1, -0.05) is 57.2 Å². The maximum absolute atomic E-state index is 13.0. The van der Waals surface area contributed by atoms with Crippen LogP contribution in [0.4, 0.5) is 0 Å². The zero-order valence-electron chi connectivity index (χ0n) is 16.9. The number of aliphatic hydroxyl groups excluding tert-OH is 1. The molecule has 1 amide bonds. The summed E-state index contributed by atoms with van der Waals surface area (Å²) in [4.78, 5) is 13.0. The molecular formula is C24H30N2O2. The van der Waals surface area contributed by atoms with Crippen LogP contribution in [-0.2, 0) is 16.6 Å². The fraction of sp³-hybridized carbons (Fsp3) is 0.458. The Morgan fingerprint density at radius 2 is 2.11 bits per heavy atom. The van der Waals surface area contributed by atoms with Gasteiger partial charge in [-0.3, -0.25) is 4.79 Å². The molecule has 0 saturated carbocycles. The Bertz CT molecular complexity index is 867. The van der Waals surface area contributed by atoms with Crippen molar-refractivity contribution < 1.29 is 9.90 Å². The summed E-state index contributed by atoms with van der Waals surface area (Å²) in [6.07, 6.45) is 7.14. The third-order valence-electron chi connectivity index (χ3n) is 6.80. The Kier molecular flexibility index (Phi) is 4.70. The van der Waals surface area contributed by atoms with Crippen LogP contribution < -0.4 is 10.6 Å². The average molecular weight is 379 g/mol. The van der Waals surface area contributed by atoms with Crippen LogP contribution in [-0.4, -0.2) is 29.2 Å². The number of benzene rings is 1. The number of carbonyl (C=O) groups excluding carboxylic acids is 1. The van der Waals surface area contributed by atoms with E-state index in [9.17, 15) is 9.90 Å². The van der Waals surface area contributed by atoms with Gasteiger partial charge in [0.1, 0.15) is 5.70 Å². The minimum Gasteiger partial charge on any atom is -0.390 e. The quantitative estimate of drug-likeness (QED) is 0.709. The van der Waals surface area contributed by atoms with Gasteiger partial charge in [0.25, 0.3) is 5.91 Å². The minimum absolute atomic E-state index is 0.141. The van der Waals surface area contributed by atoms with Crippen molar-refractivity contribution in [3.63, 3.8) is 0 Å². The smallest absolute Gasteiger partial charge is 0.267 e. The first-order valence-corrected chi connectivity index (χ1v) is 10.2. The lowest BCUT2D eigenvalue weighted by Crippen LogP contribution is -2.56. The number of amides is 1. The van der Waals surface area contributed by atoms with E-state index in [1.165, 1.54) is 11.1 Å². The molecule has 3 N–H and O–H groups in total. The highest BCUT2D eigenvalue weighted by Crippen LogP contribution is 2.37. The first-order chi connectivity index (χ1) is 13.3. The van der Waals surface area contributed by atoms with E-state index in [0.29, 0.717) is 24.0 Å². The molecule has 2 aliphatic carbocycles. The number of rotatable bonds is 3. The van der Waals surface area contributed by atoms with Gasteiger partial charge in [-0.2, -0.15) is 0 Å². The fourth-order valence-corrected chi connectivity index (χ4v) is 5.00. The molecule has 1 aliphatic heterocycles. The van der Waals surface area contributed by atoms with Crippen molar-refractivity contribution >= 4 is 5.91 Å². The standard InChI is InChI=1S/C24H30N2O2/c1-5-15-11-17-13-21(25-19(17)10-14(15)2)23(28)26-20-12-16-8-6-7-9-18(16)24(3,4)22(20)27/h5-9,11,13-15,19-20,22,25,27H,1,10,12H2,2-4H3,(H,26,28). The molecule has 148 valence electrons. The lowest BCUT2D eigenvalue weighted by Gasteiger charge is -2.42. The Hall–Kier alpha value is -2.33. The molecule has 0 fully saturated rings. The Balaban J connectivity index is 1.51. The monoisotopic (exact) mass is 378 g/mol. The second-order valence-corrected chi connectivity index (χ2v) is 9.06. The summed E-state index contributed by atoms with van der Waals surface area (Å²) in [5.41, 5.74) is 3.70. The van der Waals surface area contributed by atoms with Gasteiger partial charge in [-0.15, -0.1) is 6.58 Å². The molecule has 4 rings (SSSR count). The van der Waals surface area contributed by atoms with Gasteiger partial charge in [0.05, 0.1) is 18.2 Å². The van der Waals surface area contributed by atoms with Crippen molar-refractivity contribution in [1.82, 2.24) is 10.6 Å². The lowest BCUT2D eigenvalue weighted by molar-refractivity contribution is -0.119. The molecule has 1 aromatic rings. The molecule has 4 heteroatoms. The van der Waals surface area contributed by atoms with E-state index < -0.39 is 11.5 Å². The number of nitrogens with one attached hydrogen (secondary N) is 2. The van der Waals surface area contributed by atoms with E-state index in [1.807, 2.05) is 38.1 Å². The highest BCUT2D eigenvalue weighted by molar-refractivity contribution is 5.94. The summed E-state index contributed by atoms with van der Waals surface area (Å²) in [6, 6.07) is 8.07.